The van der Waals surface area contributed by atoms with Gasteiger partial charge in [0.15, 0.2) is 0 Å². The van der Waals surface area contributed by atoms with Crippen molar-refractivity contribution in [2.45, 2.75) is 37.4 Å². The molecule has 0 aromatic heterocycles. The van der Waals surface area contributed by atoms with Crippen LogP contribution in [0.5, 0.6) is 0 Å². The lowest BCUT2D eigenvalue weighted by Gasteiger charge is -2.21. The van der Waals surface area contributed by atoms with Crippen molar-refractivity contribution in [2.75, 3.05) is 19.6 Å². The summed E-state index contributed by atoms with van der Waals surface area (Å²) >= 11 is 0. The summed E-state index contributed by atoms with van der Waals surface area (Å²) in [7, 11) is 0. The third-order valence-corrected chi connectivity index (χ3v) is 4.42. The van der Waals surface area contributed by atoms with E-state index in [4.69, 9.17) is 10.5 Å². The van der Waals surface area contributed by atoms with Crippen molar-refractivity contribution in [3.63, 3.8) is 0 Å². The molecule has 1 aromatic rings. The number of ether oxygens (including phenoxy) is 1. The van der Waals surface area contributed by atoms with E-state index in [1.54, 1.807) is 0 Å². The molecule has 0 spiro atoms. The lowest BCUT2D eigenvalue weighted by atomic mass is 9.99. The van der Waals surface area contributed by atoms with Crippen molar-refractivity contribution in [1.82, 2.24) is 4.90 Å². The van der Waals surface area contributed by atoms with Crippen LogP contribution in [0.1, 0.15) is 30.7 Å². The number of hydrogen-bond acceptors (Lipinski definition) is 3. The van der Waals surface area contributed by atoms with Crippen LogP contribution >= 0.6 is 0 Å². The summed E-state index contributed by atoms with van der Waals surface area (Å²) in [6, 6.07) is 10.4. The molecule has 1 unspecified atom stereocenters. The number of amides is 1. The zero-order valence-electron chi connectivity index (χ0n) is 11.7. The van der Waals surface area contributed by atoms with E-state index in [2.05, 4.69) is 24.3 Å². The zero-order chi connectivity index (χ0) is 13.9. The van der Waals surface area contributed by atoms with E-state index in [0.717, 1.165) is 32.4 Å². The van der Waals surface area contributed by atoms with Gasteiger partial charge in [0.1, 0.15) is 6.10 Å². The van der Waals surface area contributed by atoms with E-state index in [-0.39, 0.29) is 18.1 Å². The molecule has 20 heavy (non-hydrogen) atoms. The second-order valence-corrected chi connectivity index (χ2v) is 5.74. The van der Waals surface area contributed by atoms with Crippen molar-refractivity contribution < 1.29 is 9.53 Å². The molecule has 3 atom stereocenters. The molecule has 2 N–H and O–H groups in total. The SMILES string of the molecule is NC[C@H]1CC[C@@H](C(=O)N2CCC(c3ccccc3)C2)O1. The van der Waals surface area contributed by atoms with E-state index in [9.17, 15) is 4.79 Å². The molecule has 2 aliphatic rings. The highest BCUT2D eigenvalue weighted by atomic mass is 16.5. The number of nitrogens with two attached hydrogens (primary N) is 1. The average molecular weight is 274 g/mol. The number of benzene rings is 1. The van der Waals surface area contributed by atoms with Gasteiger partial charge in [-0.05, 0) is 24.8 Å². The number of likely N-dealkylation sites (tertiary alicyclic amines) is 1. The molecule has 0 radical (unpaired) electrons. The van der Waals surface area contributed by atoms with Gasteiger partial charge in [-0.3, -0.25) is 4.79 Å². The first-order valence-electron chi connectivity index (χ1n) is 7.47. The van der Waals surface area contributed by atoms with Gasteiger partial charge in [-0.25, -0.2) is 0 Å². The second-order valence-electron chi connectivity index (χ2n) is 5.74. The van der Waals surface area contributed by atoms with E-state index < -0.39 is 0 Å². The Morgan fingerprint density at radius 3 is 2.75 bits per heavy atom. The first-order chi connectivity index (χ1) is 9.78. The van der Waals surface area contributed by atoms with Crippen LogP contribution < -0.4 is 5.73 Å². The maximum absolute atomic E-state index is 12.4. The molecule has 2 saturated heterocycles. The fraction of sp³-hybridized carbons (Fsp3) is 0.562. The summed E-state index contributed by atoms with van der Waals surface area (Å²) in [5.41, 5.74) is 6.93. The van der Waals surface area contributed by atoms with Gasteiger partial charge in [0, 0.05) is 25.6 Å². The lowest BCUT2D eigenvalue weighted by molar-refractivity contribution is -0.141. The number of hydrogen-bond donors (Lipinski definition) is 1. The molecular weight excluding hydrogens is 252 g/mol. The first kappa shape index (κ1) is 13.6. The highest BCUT2D eigenvalue weighted by molar-refractivity contribution is 5.81. The van der Waals surface area contributed by atoms with Gasteiger partial charge >= 0.3 is 0 Å². The highest BCUT2D eigenvalue weighted by Gasteiger charge is 2.36. The minimum Gasteiger partial charge on any atom is -0.364 e. The quantitative estimate of drug-likeness (QED) is 0.909. The first-order valence-corrected chi connectivity index (χ1v) is 7.47. The molecule has 0 bridgehead atoms. The van der Waals surface area contributed by atoms with Crippen LogP contribution in [0.15, 0.2) is 30.3 Å². The third-order valence-electron chi connectivity index (χ3n) is 4.42. The highest BCUT2D eigenvalue weighted by Crippen LogP contribution is 2.29. The maximum Gasteiger partial charge on any atom is 0.251 e. The molecule has 0 aliphatic carbocycles. The molecular formula is C16H22N2O2. The smallest absolute Gasteiger partial charge is 0.251 e. The summed E-state index contributed by atoms with van der Waals surface area (Å²) < 4.78 is 5.71. The summed E-state index contributed by atoms with van der Waals surface area (Å²) in [4.78, 5) is 14.4. The van der Waals surface area contributed by atoms with Crippen LogP contribution in [0, 0.1) is 0 Å². The van der Waals surface area contributed by atoms with E-state index >= 15 is 0 Å². The van der Waals surface area contributed by atoms with Gasteiger partial charge in [0.25, 0.3) is 5.91 Å². The predicted octanol–water partition coefficient (Wildman–Crippen LogP) is 1.51. The second kappa shape index (κ2) is 5.94. The Hall–Kier alpha value is -1.39. The Morgan fingerprint density at radius 2 is 2.05 bits per heavy atom. The van der Waals surface area contributed by atoms with Crippen molar-refractivity contribution in [1.29, 1.82) is 0 Å². The van der Waals surface area contributed by atoms with Gasteiger partial charge < -0.3 is 15.4 Å². The third kappa shape index (κ3) is 2.72. The van der Waals surface area contributed by atoms with Crippen molar-refractivity contribution in [2.24, 2.45) is 5.73 Å². The molecule has 2 aliphatic heterocycles. The fourth-order valence-electron chi connectivity index (χ4n) is 3.22. The molecule has 4 heteroatoms. The van der Waals surface area contributed by atoms with Gasteiger partial charge in [0.2, 0.25) is 0 Å². The molecule has 4 nitrogen and oxygen atoms in total. The molecule has 1 amide bonds. The Bertz CT molecular complexity index is 463. The molecule has 3 rings (SSSR count). The zero-order valence-corrected chi connectivity index (χ0v) is 11.7. The van der Waals surface area contributed by atoms with Gasteiger partial charge in [-0.15, -0.1) is 0 Å². The van der Waals surface area contributed by atoms with Crippen molar-refractivity contribution in [3.05, 3.63) is 35.9 Å². The summed E-state index contributed by atoms with van der Waals surface area (Å²) in [6.07, 6.45) is 2.56. The number of rotatable bonds is 3. The maximum atomic E-state index is 12.4. The average Bonchev–Trinajstić information content (AvgIpc) is 3.17. The monoisotopic (exact) mass is 274 g/mol. The Morgan fingerprint density at radius 1 is 1.25 bits per heavy atom. The Kier molecular flexibility index (Phi) is 4.03. The Balaban J connectivity index is 1.59. The fourth-order valence-corrected chi connectivity index (χ4v) is 3.22. The van der Waals surface area contributed by atoms with Gasteiger partial charge in [0.05, 0.1) is 6.10 Å². The minimum absolute atomic E-state index is 0.0662. The molecule has 2 heterocycles. The van der Waals surface area contributed by atoms with E-state index in [1.165, 1.54) is 5.56 Å². The van der Waals surface area contributed by atoms with Crippen LogP contribution in [0.4, 0.5) is 0 Å². The molecule has 0 saturated carbocycles. The number of nitrogens with zero attached hydrogens (tertiary/aromatic N) is 1. The molecule has 2 fully saturated rings. The van der Waals surface area contributed by atoms with Crippen LogP contribution in [-0.2, 0) is 9.53 Å². The lowest BCUT2D eigenvalue weighted by Crippen LogP contribution is -2.38. The van der Waals surface area contributed by atoms with Crippen LogP contribution in [-0.4, -0.2) is 42.6 Å². The summed E-state index contributed by atoms with van der Waals surface area (Å²) in [6.45, 7) is 2.16. The van der Waals surface area contributed by atoms with E-state index in [0.29, 0.717) is 12.5 Å². The summed E-state index contributed by atoms with van der Waals surface area (Å²) in [5.74, 6) is 0.617. The topological polar surface area (TPSA) is 55.6 Å². The van der Waals surface area contributed by atoms with E-state index in [1.807, 2.05) is 11.0 Å². The Labute approximate surface area is 119 Å². The van der Waals surface area contributed by atoms with Gasteiger partial charge in [-0.2, -0.15) is 0 Å². The molecule has 1 aromatic carbocycles. The van der Waals surface area contributed by atoms with Crippen LogP contribution in [0.25, 0.3) is 0 Å². The van der Waals surface area contributed by atoms with Gasteiger partial charge in [-0.1, -0.05) is 30.3 Å². The molecule has 108 valence electrons. The van der Waals surface area contributed by atoms with Crippen molar-refractivity contribution >= 4 is 5.91 Å². The predicted molar refractivity (Wildman–Crippen MR) is 77.3 cm³/mol. The number of carbonyl (C=O) groups excluding carboxylic acids is 1. The largest absolute Gasteiger partial charge is 0.364 e. The minimum atomic E-state index is -0.266. The standard InChI is InChI=1S/C16H22N2O2/c17-10-14-6-7-15(20-14)16(19)18-9-8-13(11-18)12-4-2-1-3-5-12/h1-5,13-15H,6-11,17H2/t13?,14-,15+/m1/s1. The number of carbonyl (C=O) groups is 1. The van der Waals surface area contributed by atoms with Crippen molar-refractivity contribution in [3.8, 4) is 0 Å². The van der Waals surface area contributed by atoms with Crippen LogP contribution in [0.3, 0.4) is 0 Å². The summed E-state index contributed by atoms with van der Waals surface area (Å²) in [5, 5.41) is 0. The normalized spacial score (nSPS) is 29.9. The van der Waals surface area contributed by atoms with Crippen LogP contribution in [0.2, 0.25) is 0 Å².